The van der Waals surface area contributed by atoms with E-state index >= 15 is 0 Å². The summed E-state index contributed by atoms with van der Waals surface area (Å²) in [6.45, 7) is 2.47. The van der Waals surface area contributed by atoms with E-state index in [2.05, 4.69) is 4.98 Å². The second-order valence-electron chi connectivity index (χ2n) is 4.48. The number of likely N-dealkylation sites (N-methyl/N-ethyl adjacent to an activating group) is 1. The number of ether oxygens (including phenoxy) is 1. The van der Waals surface area contributed by atoms with Crippen LogP contribution in [0.1, 0.15) is 19.8 Å². The Hall–Kier alpha value is -1.62. The van der Waals surface area contributed by atoms with Crippen LogP contribution < -0.4 is 10.6 Å². The molecule has 2 rings (SSSR count). The van der Waals surface area contributed by atoms with Gasteiger partial charge in [0, 0.05) is 19.9 Å². The molecule has 1 unspecified atom stereocenters. The van der Waals surface area contributed by atoms with E-state index < -0.39 is 5.60 Å². The van der Waals surface area contributed by atoms with Crippen LogP contribution >= 0.6 is 0 Å². The lowest BCUT2D eigenvalue weighted by Gasteiger charge is -2.28. The summed E-state index contributed by atoms with van der Waals surface area (Å²) < 4.78 is 5.54. The van der Waals surface area contributed by atoms with E-state index in [1.54, 1.807) is 24.2 Å². The second kappa shape index (κ2) is 4.33. The number of pyridine rings is 1. The van der Waals surface area contributed by atoms with Gasteiger partial charge in [-0.25, -0.2) is 0 Å². The van der Waals surface area contributed by atoms with Crippen LogP contribution in [0.3, 0.4) is 0 Å². The topological polar surface area (TPSA) is 68.5 Å². The predicted molar refractivity (Wildman–Crippen MR) is 65.7 cm³/mol. The SMILES string of the molecule is CN(C(=O)C1(C)CCCO1)c1ccncc1N. The van der Waals surface area contributed by atoms with E-state index in [9.17, 15) is 4.79 Å². The van der Waals surface area contributed by atoms with Crippen LogP contribution in [0.2, 0.25) is 0 Å². The number of nitrogen functional groups attached to an aromatic ring is 1. The van der Waals surface area contributed by atoms with Gasteiger partial charge < -0.3 is 15.4 Å². The maximum Gasteiger partial charge on any atom is 0.258 e. The van der Waals surface area contributed by atoms with Gasteiger partial charge in [-0.05, 0) is 25.8 Å². The summed E-state index contributed by atoms with van der Waals surface area (Å²) in [5.74, 6) is -0.0621. The zero-order valence-corrected chi connectivity index (χ0v) is 10.1. The Morgan fingerprint density at radius 3 is 3.00 bits per heavy atom. The van der Waals surface area contributed by atoms with Gasteiger partial charge in [0.15, 0.2) is 0 Å². The summed E-state index contributed by atoms with van der Waals surface area (Å²) >= 11 is 0. The molecule has 5 nitrogen and oxygen atoms in total. The second-order valence-corrected chi connectivity index (χ2v) is 4.48. The van der Waals surface area contributed by atoms with Crippen molar-refractivity contribution in [2.24, 2.45) is 0 Å². The molecule has 1 aliphatic heterocycles. The molecule has 0 radical (unpaired) electrons. The fourth-order valence-electron chi connectivity index (χ4n) is 2.12. The van der Waals surface area contributed by atoms with Crippen molar-refractivity contribution in [3.8, 4) is 0 Å². The Morgan fingerprint density at radius 2 is 2.41 bits per heavy atom. The largest absolute Gasteiger partial charge is 0.396 e. The van der Waals surface area contributed by atoms with Gasteiger partial charge in [-0.3, -0.25) is 9.78 Å². The lowest BCUT2D eigenvalue weighted by molar-refractivity contribution is -0.136. The van der Waals surface area contributed by atoms with Crippen molar-refractivity contribution < 1.29 is 9.53 Å². The van der Waals surface area contributed by atoms with Gasteiger partial charge in [0.05, 0.1) is 17.6 Å². The van der Waals surface area contributed by atoms with Gasteiger partial charge in [-0.2, -0.15) is 0 Å². The first-order valence-electron chi connectivity index (χ1n) is 5.66. The van der Waals surface area contributed by atoms with Crippen LogP contribution in [0.5, 0.6) is 0 Å². The molecule has 1 aliphatic rings. The quantitative estimate of drug-likeness (QED) is 0.836. The van der Waals surface area contributed by atoms with Crippen LogP contribution in [-0.2, 0) is 9.53 Å². The summed E-state index contributed by atoms with van der Waals surface area (Å²) in [5, 5.41) is 0. The Kier molecular flexibility index (Phi) is 3.02. The number of aromatic nitrogens is 1. The van der Waals surface area contributed by atoms with Crippen molar-refractivity contribution in [2.45, 2.75) is 25.4 Å². The molecular formula is C12H17N3O2. The molecule has 0 saturated carbocycles. The minimum absolute atomic E-state index is 0.0621. The minimum atomic E-state index is -0.718. The average molecular weight is 235 g/mol. The maximum absolute atomic E-state index is 12.3. The molecule has 1 aromatic rings. The first kappa shape index (κ1) is 11.9. The number of nitrogens with two attached hydrogens (primary N) is 1. The van der Waals surface area contributed by atoms with Crippen molar-refractivity contribution in [3.05, 3.63) is 18.5 Å². The zero-order chi connectivity index (χ0) is 12.5. The molecule has 1 amide bonds. The fraction of sp³-hybridized carbons (Fsp3) is 0.500. The molecular weight excluding hydrogens is 218 g/mol. The number of nitrogens with zero attached hydrogens (tertiary/aromatic N) is 2. The highest BCUT2D eigenvalue weighted by atomic mass is 16.5. The van der Waals surface area contributed by atoms with Gasteiger partial charge in [-0.15, -0.1) is 0 Å². The molecule has 0 aliphatic carbocycles. The summed E-state index contributed by atoms with van der Waals surface area (Å²) in [4.78, 5) is 17.8. The van der Waals surface area contributed by atoms with E-state index in [-0.39, 0.29) is 5.91 Å². The summed E-state index contributed by atoms with van der Waals surface area (Å²) in [7, 11) is 1.71. The molecule has 1 fully saturated rings. The van der Waals surface area contributed by atoms with Gasteiger partial charge in [-0.1, -0.05) is 0 Å². The third-order valence-electron chi connectivity index (χ3n) is 3.17. The van der Waals surface area contributed by atoms with Crippen molar-refractivity contribution >= 4 is 17.3 Å². The molecule has 2 heterocycles. The third-order valence-corrected chi connectivity index (χ3v) is 3.17. The number of rotatable bonds is 2. The number of hydrogen-bond acceptors (Lipinski definition) is 4. The van der Waals surface area contributed by atoms with Crippen molar-refractivity contribution in [3.63, 3.8) is 0 Å². The highest BCUT2D eigenvalue weighted by Crippen LogP contribution is 2.30. The van der Waals surface area contributed by atoms with Crippen molar-refractivity contribution in [1.82, 2.24) is 4.98 Å². The highest BCUT2D eigenvalue weighted by molar-refractivity contribution is 6.00. The fourth-order valence-corrected chi connectivity index (χ4v) is 2.12. The number of amides is 1. The number of hydrogen-bond donors (Lipinski definition) is 1. The van der Waals surface area contributed by atoms with Crippen LogP contribution in [0.25, 0.3) is 0 Å². The normalized spacial score (nSPS) is 23.6. The Balaban J connectivity index is 2.23. The molecule has 0 bridgehead atoms. The number of anilines is 2. The number of carbonyl (C=O) groups is 1. The monoisotopic (exact) mass is 235 g/mol. The molecule has 92 valence electrons. The van der Waals surface area contributed by atoms with E-state index in [0.717, 1.165) is 12.8 Å². The molecule has 0 aromatic carbocycles. The number of carbonyl (C=O) groups excluding carboxylic acids is 1. The highest BCUT2D eigenvalue weighted by Gasteiger charge is 2.40. The molecule has 2 N–H and O–H groups in total. The van der Waals surface area contributed by atoms with Gasteiger partial charge in [0.1, 0.15) is 5.60 Å². The van der Waals surface area contributed by atoms with Crippen molar-refractivity contribution in [1.29, 1.82) is 0 Å². The van der Waals surface area contributed by atoms with E-state index in [1.807, 2.05) is 6.92 Å². The van der Waals surface area contributed by atoms with Crippen LogP contribution in [-0.4, -0.2) is 30.1 Å². The lowest BCUT2D eigenvalue weighted by Crippen LogP contribution is -2.45. The van der Waals surface area contributed by atoms with Crippen LogP contribution in [0.15, 0.2) is 18.5 Å². The minimum Gasteiger partial charge on any atom is -0.396 e. The van der Waals surface area contributed by atoms with Crippen LogP contribution in [0, 0.1) is 0 Å². The smallest absolute Gasteiger partial charge is 0.258 e. The van der Waals surface area contributed by atoms with Gasteiger partial charge in [0.25, 0.3) is 5.91 Å². The van der Waals surface area contributed by atoms with E-state index in [1.165, 1.54) is 6.20 Å². The van der Waals surface area contributed by atoms with E-state index in [4.69, 9.17) is 10.5 Å². The van der Waals surface area contributed by atoms with Gasteiger partial charge in [0.2, 0.25) is 0 Å². The zero-order valence-electron chi connectivity index (χ0n) is 10.1. The third kappa shape index (κ3) is 2.10. The van der Waals surface area contributed by atoms with E-state index in [0.29, 0.717) is 18.0 Å². The first-order valence-corrected chi connectivity index (χ1v) is 5.66. The molecule has 1 atom stereocenters. The molecule has 5 heteroatoms. The summed E-state index contributed by atoms with van der Waals surface area (Å²) in [5.41, 5.74) is 6.25. The first-order chi connectivity index (χ1) is 8.04. The molecule has 1 aromatic heterocycles. The van der Waals surface area contributed by atoms with Crippen molar-refractivity contribution in [2.75, 3.05) is 24.3 Å². The Morgan fingerprint density at radius 1 is 1.65 bits per heavy atom. The Bertz CT molecular complexity index is 428. The summed E-state index contributed by atoms with van der Waals surface area (Å²) in [6.07, 6.45) is 4.83. The summed E-state index contributed by atoms with van der Waals surface area (Å²) in [6, 6.07) is 1.73. The lowest BCUT2D eigenvalue weighted by atomic mass is 10.0. The Labute approximate surface area is 101 Å². The predicted octanol–water partition coefficient (Wildman–Crippen LogP) is 1.20. The average Bonchev–Trinajstić information content (AvgIpc) is 2.76. The molecule has 17 heavy (non-hydrogen) atoms. The molecule has 1 saturated heterocycles. The van der Waals surface area contributed by atoms with Gasteiger partial charge >= 0.3 is 0 Å². The van der Waals surface area contributed by atoms with Crippen LogP contribution in [0.4, 0.5) is 11.4 Å². The maximum atomic E-state index is 12.3. The molecule has 0 spiro atoms. The standard InChI is InChI=1S/C12H17N3O2/c1-12(5-3-7-17-12)11(16)15(2)10-4-6-14-8-9(10)13/h4,6,8H,3,5,7,13H2,1-2H3.